The van der Waals surface area contributed by atoms with E-state index in [0.717, 1.165) is 64.8 Å². The zero-order valence-corrected chi connectivity index (χ0v) is 22.8. The molecule has 4 aromatic rings. The number of rotatable bonds is 2. The van der Waals surface area contributed by atoms with Crippen LogP contribution in [0, 0.1) is 0 Å². The summed E-state index contributed by atoms with van der Waals surface area (Å²) in [7, 11) is 0. The maximum atomic E-state index is 12.3. The zero-order chi connectivity index (χ0) is 26.2. The summed E-state index contributed by atoms with van der Waals surface area (Å²) in [5, 5.41) is 1.59. The van der Waals surface area contributed by atoms with Gasteiger partial charge in [-0.2, -0.15) is 0 Å². The minimum atomic E-state index is -0.540. The molecule has 1 N–H and O–H groups in total. The number of ether oxygens (including phenoxy) is 1. The Bertz CT molecular complexity index is 1440. The fraction of sp³-hybridized carbons (Fsp3) is 0.345. The van der Waals surface area contributed by atoms with E-state index in [4.69, 9.17) is 27.9 Å². The van der Waals surface area contributed by atoms with Crippen LogP contribution in [0.3, 0.4) is 0 Å². The average molecular weight is 537 g/mol. The van der Waals surface area contributed by atoms with E-state index in [1.165, 1.54) is 22.2 Å². The Morgan fingerprint density at radius 2 is 1.54 bits per heavy atom. The molecule has 0 amide bonds. The van der Waals surface area contributed by atoms with Crippen LogP contribution in [0.5, 0.6) is 0 Å². The number of halogens is 2. The zero-order valence-electron chi connectivity index (χ0n) is 21.3. The first-order valence-electron chi connectivity index (χ1n) is 12.6. The highest BCUT2D eigenvalue weighted by molar-refractivity contribution is 6.32. The lowest BCUT2D eigenvalue weighted by Crippen LogP contribution is -2.27. The van der Waals surface area contributed by atoms with E-state index < -0.39 is 11.7 Å². The van der Waals surface area contributed by atoms with Crippen LogP contribution in [0.15, 0.2) is 48.8 Å². The Hall–Kier alpha value is -3.09. The second kappa shape index (κ2) is 10.3. The molecular weight excluding hydrogens is 507 g/mol. The van der Waals surface area contributed by atoms with E-state index >= 15 is 0 Å². The number of aromatic nitrogens is 4. The van der Waals surface area contributed by atoms with Crippen molar-refractivity contribution in [3.63, 3.8) is 0 Å². The van der Waals surface area contributed by atoms with Crippen LogP contribution < -0.4 is 0 Å². The van der Waals surface area contributed by atoms with E-state index in [2.05, 4.69) is 15.0 Å². The fourth-order valence-electron chi connectivity index (χ4n) is 4.81. The van der Waals surface area contributed by atoms with E-state index in [9.17, 15) is 4.79 Å². The number of carbonyl (C=O) groups excluding carboxylic acids is 1. The summed E-state index contributed by atoms with van der Waals surface area (Å²) in [6.07, 6.45) is 9.49. The Morgan fingerprint density at radius 3 is 2.14 bits per heavy atom. The molecule has 192 valence electrons. The quantitative estimate of drug-likeness (QED) is 0.285. The third kappa shape index (κ3) is 5.60. The molecule has 0 radical (unpaired) electrons. The molecule has 0 fully saturated rings. The highest BCUT2D eigenvalue weighted by Crippen LogP contribution is 2.32. The van der Waals surface area contributed by atoms with Crippen molar-refractivity contribution >= 4 is 29.3 Å². The lowest BCUT2D eigenvalue weighted by Gasteiger charge is -2.20. The number of nitrogens with zero attached hydrogens (tertiary/aromatic N) is 3. The van der Waals surface area contributed by atoms with Gasteiger partial charge in [0.05, 0.1) is 22.8 Å². The maximum absolute atomic E-state index is 12.3. The van der Waals surface area contributed by atoms with E-state index in [0.29, 0.717) is 11.4 Å². The lowest BCUT2D eigenvalue weighted by molar-refractivity contribution is 0.0540. The number of fused-ring (bicyclic) bond motifs is 2. The van der Waals surface area contributed by atoms with E-state index in [-0.39, 0.29) is 0 Å². The molecule has 8 heteroatoms. The highest BCUT2D eigenvalue weighted by atomic mass is 35.5. The second-order valence-electron chi connectivity index (χ2n) is 10.4. The van der Waals surface area contributed by atoms with Crippen LogP contribution >= 0.6 is 23.2 Å². The number of aromatic amines is 1. The first kappa shape index (κ1) is 25.6. The van der Waals surface area contributed by atoms with Gasteiger partial charge in [0.25, 0.3) is 0 Å². The predicted molar refractivity (Wildman–Crippen MR) is 147 cm³/mol. The molecule has 0 saturated carbocycles. The van der Waals surface area contributed by atoms with Gasteiger partial charge in [-0.15, -0.1) is 0 Å². The fourth-order valence-corrected chi connectivity index (χ4v) is 5.42. The van der Waals surface area contributed by atoms with Gasteiger partial charge in [0, 0.05) is 33.8 Å². The summed E-state index contributed by atoms with van der Waals surface area (Å²) >= 11 is 12.6. The predicted octanol–water partition coefficient (Wildman–Crippen LogP) is 7.69. The largest absolute Gasteiger partial charge is 0.443 e. The van der Waals surface area contributed by atoms with Gasteiger partial charge < -0.3 is 9.72 Å². The summed E-state index contributed by atoms with van der Waals surface area (Å²) in [6.45, 7) is 5.54. The Morgan fingerprint density at radius 1 is 0.919 bits per heavy atom. The average Bonchev–Trinajstić information content (AvgIpc) is 3.65. The van der Waals surface area contributed by atoms with Gasteiger partial charge in [-0.05, 0) is 107 Å². The smallest absolute Gasteiger partial charge is 0.419 e. The number of hydrogen-bond donors (Lipinski definition) is 1. The van der Waals surface area contributed by atoms with E-state index in [1.807, 2.05) is 63.4 Å². The molecule has 0 unspecified atom stereocenters. The Balaban J connectivity index is 0.000000162. The molecule has 0 aromatic carbocycles. The molecule has 0 aliphatic heterocycles. The summed E-state index contributed by atoms with van der Waals surface area (Å²) in [6, 6.07) is 11.4. The van der Waals surface area contributed by atoms with Crippen LogP contribution in [0.25, 0.3) is 22.8 Å². The van der Waals surface area contributed by atoms with Crippen LogP contribution in [0.1, 0.15) is 56.1 Å². The van der Waals surface area contributed by atoms with Crippen molar-refractivity contribution in [3.05, 3.63) is 81.4 Å². The molecule has 2 aliphatic rings. The van der Waals surface area contributed by atoms with Gasteiger partial charge in [-0.1, -0.05) is 23.2 Å². The molecule has 6 nitrogen and oxygen atoms in total. The van der Waals surface area contributed by atoms with Crippen molar-refractivity contribution in [1.29, 1.82) is 0 Å². The molecule has 6 rings (SSSR count). The molecule has 0 bridgehead atoms. The standard InChI is InChI=1S/C17H19ClN2O2.C12H11ClN2/c1-17(2,3)22-16(21)20-9-5-8-15(20)14-10-12(18)11-6-4-7-13(11)19-14;13-9-7-12(11-5-2-6-14-11)15-10-4-1-3-8(9)10/h5,8-10H,4,6-7H2,1-3H3;2,5-7,14H,1,3-4H2. The number of H-pyrrole nitrogens is 1. The monoisotopic (exact) mass is 536 g/mol. The number of carbonyl (C=O) groups is 1. The molecule has 37 heavy (non-hydrogen) atoms. The summed E-state index contributed by atoms with van der Waals surface area (Å²) in [4.78, 5) is 24.8. The first-order chi connectivity index (χ1) is 17.7. The summed E-state index contributed by atoms with van der Waals surface area (Å²) in [5.41, 5.74) is 7.45. The van der Waals surface area contributed by atoms with Crippen molar-refractivity contribution in [2.24, 2.45) is 0 Å². The van der Waals surface area contributed by atoms with E-state index in [1.54, 1.807) is 6.20 Å². The Kier molecular flexibility index (Phi) is 7.15. The van der Waals surface area contributed by atoms with Gasteiger partial charge in [-0.3, -0.25) is 14.5 Å². The van der Waals surface area contributed by atoms with Crippen LogP contribution in [-0.4, -0.2) is 31.2 Å². The van der Waals surface area contributed by atoms with Crippen molar-refractivity contribution in [2.45, 2.75) is 64.9 Å². The minimum absolute atomic E-state index is 0.411. The summed E-state index contributed by atoms with van der Waals surface area (Å²) < 4.78 is 6.91. The molecule has 4 aromatic heterocycles. The topological polar surface area (TPSA) is 72.8 Å². The third-order valence-electron chi connectivity index (χ3n) is 6.47. The maximum Gasteiger partial charge on any atom is 0.419 e. The van der Waals surface area contributed by atoms with Gasteiger partial charge >= 0.3 is 6.09 Å². The number of hydrogen-bond acceptors (Lipinski definition) is 4. The van der Waals surface area contributed by atoms with Crippen LogP contribution in [0.2, 0.25) is 10.0 Å². The Labute approximate surface area is 227 Å². The van der Waals surface area contributed by atoms with Crippen molar-refractivity contribution in [1.82, 2.24) is 19.5 Å². The van der Waals surface area contributed by atoms with Crippen LogP contribution in [-0.2, 0) is 30.4 Å². The number of aryl methyl sites for hydroxylation is 2. The van der Waals surface area contributed by atoms with Crippen molar-refractivity contribution in [2.75, 3.05) is 0 Å². The molecule has 0 saturated heterocycles. The number of pyridine rings is 2. The SMILES string of the molecule is CC(C)(C)OC(=O)n1cccc1-c1cc(Cl)c2c(n1)CCC2.Clc1cc(-c2ccc[nH]2)nc2c1CCC2. The second-order valence-corrected chi connectivity index (χ2v) is 11.2. The lowest BCUT2D eigenvalue weighted by atomic mass is 10.2. The summed E-state index contributed by atoms with van der Waals surface area (Å²) in [5.74, 6) is 0. The van der Waals surface area contributed by atoms with Crippen molar-refractivity contribution in [3.8, 4) is 22.8 Å². The van der Waals surface area contributed by atoms with Gasteiger partial charge in [0.2, 0.25) is 0 Å². The molecule has 0 spiro atoms. The molecule has 2 aliphatic carbocycles. The molecular formula is C29H30Cl2N4O2. The normalized spacial score (nSPS) is 14.1. The van der Waals surface area contributed by atoms with Crippen LogP contribution in [0.4, 0.5) is 4.79 Å². The highest BCUT2D eigenvalue weighted by Gasteiger charge is 2.23. The van der Waals surface area contributed by atoms with Gasteiger partial charge in [-0.25, -0.2) is 4.79 Å². The third-order valence-corrected chi connectivity index (χ3v) is 7.14. The van der Waals surface area contributed by atoms with Gasteiger partial charge in [0.1, 0.15) is 5.60 Å². The first-order valence-corrected chi connectivity index (χ1v) is 13.4. The molecule has 0 atom stereocenters. The van der Waals surface area contributed by atoms with Gasteiger partial charge in [0.15, 0.2) is 0 Å². The van der Waals surface area contributed by atoms with Crippen molar-refractivity contribution < 1.29 is 9.53 Å². The molecule has 4 heterocycles. The minimum Gasteiger partial charge on any atom is -0.443 e. The number of nitrogens with one attached hydrogen (secondary N) is 1.